The topological polar surface area (TPSA) is 52.7 Å². The lowest BCUT2D eigenvalue weighted by Crippen LogP contribution is -2.51. The molecule has 1 saturated heterocycles. The number of nitrogens with zero attached hydrogens (tertiary/aromatic N) is 2. The van der Waals surface area contributed by atoms with E-state index in [1.54, 1.807) is 0 Å². The Morgan fingerprint density at radius 2 is 1.78 bits per heavy atom. The minimum absolute atomic E-state index is 0.0567. The standard InChI is InChI=1S/C17H24BrN3O2/c1-3-13(2)19-16(22)12-20-8-10-21(11-9-20)17(23)14-4-6-15(18)7-5-14/h4-7,13H,3,8-12H2,1-2H3,(H,19,22). The van der Waals surface area contributed by atoms with E-state index in [-0.39, 0.29) is 17.9 Å². The summed E-state index contributed by atoms with van der Waals surface area (Å²) in [4.78, 5) is 28.3. The Morgan fingerprint density at radius 1 is 1.17 bits per heavy atom. The molecule has 0 aliphatic carbocycles. The van der Waals surface area contributed by atoms with Crippen LogP contribution in [0.25, 0.3) is 0 Å². The third-order valence-corrected chi connectivity index (χ3v) is 4.67. The monoisotopic (exact) mass is 381 g/mol. The first-order chi connectivity index (χ1) is 11.0. The van der Waals surface area contributed by atoms with Gasteiger partial charge in [-0.15, -0.1) is 0 Å². The van der Waals surface area contributed by atoms with Crippen LogP contribution in [0.15, 0.2) is 28.7 Å². The number of piperazine rings is 1. The average Bonchev–Trinajstić information content (AvgIpc) is 2.55. The van der Waals surface area contributed by atoms with Crippen molar-refractivity contribution in [3.05, 3.63) is 34.3 Å². The van der Waals surface area contributed by atoms with E-state index < -0.39 is 0 Å². The summed E-state index contributed by atoms with van der Waals surface area (Å²) in [6.07, 6.45) is 0.932. The van der Waals surface area contributed by atoms with Gasteiger partial charge in [-0.3, -0.25) is 14.5 Å². The molecule has 1 aliphatic heterocycles. The second-order valence-electron chi connectivity index (χ2n) is 5.95. The number of rotatable bonds is 5. The molecule has 2 amide bonds. The molecule has 0 radical (unpaired) electrons. The fourth-order valence-electron chi connectivity index (χ4n) is 2.51. The largest absolute Gasteiger partial charge is 0.353 e. The number of carbonyl (C=O) groups is 2. The molecule has 6 heteroatoms. The smallest absolute Gasteiger partial charge is 0.253 e. The summed E-state index contributed by atoms with van der Waals surface area (Å²) in [7, 11) is 0. The van der Waals surface area contributed by atoms with Crippen LogP contribution in [0.1, 0.15) is 30.6 Å². The minimum atomic E-state index is 0.0567. The molecule has 126 valence electrons. The van der Waals surface area contributed by atoms with Crippen molar-refractivity contribution >= 4 is 27.7 Å². The molecule has 5 nitrogen and oxygen atoms in total. The number of amides is 2. The van der Waals surface area contributed by atoms with Gasteiger partial charge >= 0.3 is 0 Å². The van der Waals surface area contributed by atoms with Gasteiger partial charge in [0.05, 0.1) is 6.54 Å². The number of halogens is 1. The summed E-state index contributed by atoms with van der Waals surface area (Å²) in [5, 5.41) is 2.98. The summed E-state index contributed by atoms with van der Waals surface area (Å²) < 4.78 is 0.964. The quantitative estimate of drug-likeness (QED) is 0.849. The van der Waals surface area contributed by atoms with Crippen molar-refractivity contribution in [2.45, 2.75) is 26.3 Å². The van der Waals surface area contributed by atoms with Gasteiger partial charge in [0.1, 0.15) is 0 Å². The van der Waals surface area contributed by atoms with E-state index in [1.807, 2.05) is 36.1 Å². The number of benzene rings is 1. The van der Waals surface area contributed by atoms with Gasteiger partial charge < -0.3 is 10.2 Å². The second-order valence-corrected chi connectivity index (χ2v) is 6.87. The van der Waals surface area contributed by atoms with Gasteiger partial charge in [-0.1, -0.05) is 22.9 Å². The number of carbonyl (C=O) groups excluding carboxylic acids is 2. The van der Waals surface area contributed by atoms with Gasteiger partial charge in [0.2, 0.25) is 5.91 Å². The summed E-state index contributed by atoms with van der Waals surface area (Å²) in [6, 6.07) is 7.63. The zero-order chi connectivity index (χ0) is 16.8. The lowest BCUT2D eigenvalue weighted by molar-refractivity contribution is -0.123. The highest BCUT2D eigenvalue weighted by Crippen LogP contribution is 2.13. The molecule has 0 spiro atoms. The minimum Gasteiger partial charge on any atom is -0.353 e. The molecule has 2 rings (SSSR count). The van der Waals surface area contributed by atoms with Crippen molar-refractivity contribution in [3.8, 4) is 0 Å². The maximum Gasteiger partial charge on any atom is 0.253 e. The third-order valence-electron chi connectivity index (χ3n) is 4.14. The van der Waals surface area contributed by atoms with Crippen LogP contribution in [0.3, 0.4) is 0 Å². The molecule has 1 heterocycles. The van der Waals surface area contributed by atoms with E-state index in [9.17, 15) is 9.59 Å². The van der Waals surface area contributed by atoms with E-state index in [0.717, 1.165) is 24.0 Å². The van der Waals surface area contributed by atoms with Gasteiger partial charge in [0.25, 0.3) is 5.91 Å². The van der Waals surface area contributed by atoms with Crippen molar-refractivity contribution in [3.63, 3.8) is 0 Å². The van der Waals surface area contributed by atoms with Crippen LogP contribution in [0.5, 0.6) is 0 Å². The molecule has 1 aromatic rings. The van der Waals surface area contributed by atoms with E-state index in [2.05, 4.69) is 33.1 Å². The van der Waals surface area contributed by atoms with Gasteiger partial charge in [-0.25, -0.2) is 0 Å². The van der Waals surface area contributed by atoms with Crippen molar-refractivity contribution in [2.75, 3.05) is 32.7 Å². The number of hydrogen-bond acceptors (Lipinski definition) is 3. The predicted octanol–water partition coefficient (Wildman–Crippen LogP) is 2.12. The van der Waals surface area contributed by atoms with Crippen LogP contribution in [0.4, 0.5) is 0 Å². The van der Waals surface area contributed by atoms with E-state index >= 15 is 0 Å². The van der Waals surface area contributed by atoms with Gasteiger partial charge in [-0.05, 0) is 37.6 Å². The summed E-state index contributed by atoms with van der Waals surface area (Å²) >= 11 is 3.37. The highest BCUT2D eigenvalue weighted by molar-refractivity contribution is 9.10. The lowest BCUT2D eigenvalue weighted by Gasteiger charge is -2.34. The van der Waals surface area contributed by atoms with Crippen LogP contribution in [-0.4, -0.2) is 60.4 Å². The Morgan fingerprint density at radius 3 is 2.35 bits per heavy atom. The first kappa shape index (κ1) is 17.9. The fraction of sp³-hybridized carbons (Fsp3) is 0.529. The van der Waals surface area contributed by atoms with E-state index in [0.29, 0.717) is 25.2 Å². The normalized spacial score (nSPS) is 16.9. The van der Waals surface area contributed by atoms with Gasteiger partial charge in [-0.2, -0.15) is 0 Å². The summed E-state index contributed by atoms with van der Waals surface area (Å²) in [5.41, 5.74) is 0.705. The van der Waals surface area contributed by atoms with Gasteiger partial charge in [0.15, 0.2) is 0 Å². The molecule has 0 saturated carbocycles. The average molecular weight is 382 g/mol. The molecule has 0 aromatic heterocycles. The number of nitrogens with one attached hydrogen (secondary N) is 1. The summed E-state index contributed by atoms with van der Waals surface area (Å²) in [5.74, 6) is 0.119. The van der Waals surface area contributed by atoms with Crippen molar-refractivity contribution in [1.82, 2.24) is 15.1 Å². The number of hydrogen-bond donors (Lipinski definition) is 1. The van der Waals surface area contributed by atoms with E-state index in [4.69, 9.17) is 0 Å². The molecule has 1 unspecified atom stereocenters. The van der Waals surface area contributed by atoms with Crippen LogP contribution >= 0.6 is 15.9 Å². The highest BCUT2D eigenvalue weighted by atomic mass is 79.9. The first-order valence-corrected chi connectivity index (χ1v) is 8.85. The van der Waals surface area contributed by atoms with Crippen molar-refractivity contribution in [2.24, 2.45) is 0 Å². The Labute approximate surface area is 146 Å². The molecule has 1 fully saturated rings. The fourth-order valence-corrected chi connectivity index (χ4v) is 2.77. The molecule has 1 atom stereocenters. The Kier molecular flexibility index (Phi) is 6.59. The molecular formula is C17H24BrN3O2. The lowest BCUT2D eigenvalue weighted by atomic mass is 10.2. The Balaban J connectivity index is 1.80. The Bertz CT molecular complexity index is 539. The first-order valence-electron chi connectivity index (χ1n) is 8.06. The van der Waals surface area contributed by atoms with Crippen molar-refractivity contribution in [1.29, 1.82) is 0 Å². The van der Waals surface area contributed by atoms with Crippen LogP contribution in [0, 0.1) is 0 Å². The third kappa shape index (κ3) is 5.32. The Hall–Kier alpha value is -1.40. The van der Waals surface area contributed by atoms with Gasteiger partial charge in [0, 0.05) is 42.3 Å². The molecule has 1 N–H and O–H groups in total. The second kappa shape index (κ2) is 8.45. The highest BCUT2D eigenvalue weighted by Gasteiger charge is 2.23. The molecular weight excluding hydrogens is 358 g/mol. The molecule has 0 bridgehead atoms. The maximum absolute atomic E-state index is 12.4. The van der Waals surface area contributed by atoms with Crippen LogP contribution < -0.4 is 5.32 Å². The molecule has 1 aliphatic rings. The molecule has 1 aromatic carbocycles. The predicted molar refractivity (Wildman–Crippen MR) is 94.4 cm³/mol. The maximum atomic E-state index is 12.4. The molecule has 23 heavy (non-hydrogen) atoms. The van der Waals surface area contributed by atoms with E-state index in [1.165, 1.54) is 0 Å². The van der Waals surface area contributed by atoms with Crippen LogP contribution in [-0.2, 0) is 4.79 Å². The SMILES string of the molecule is CCC(C)NC(=O)CN1CCN(C(=O)c2ccc(Br)cc2)CC1. The zero-order valence-corrected chi connectivity index (χ0v) is 15.3. The zero-order valence-electron chi connectivity index (χ0n) is 13.7. The summed E-state index contributed by atoms with van der Waals surface area (Å²) in [6.45, 7) is 7.25. The van der Waals surface area contributed by atoms with Crippen LogP contribution in [0.2, 0.25) is 0 Å². The van der Waals surface area contributed by atoms with Crippen molar-refractivity contribution < 1.29 is 9.59 Å².